The lowest BCUT2D eigenvalue weighted by Crippen LogP contribution is -2.34. The Bertz CT molecular complexity index is 1270. The number of rotatable bonds is 5. The van der Waals surface area contributed by atoms with Crippen LogP contribution < -0.4 is 10.2 Å². The number of aromatic nitrogens is 3. The van der Waals surface area contributed by atoms with Crippen molar-refractivity contribution in [3.05, 3.63) is 53.5 Å². The van der Waals surface area contributed by atoms with E-state index in [9.17, 15) is 9.59 Å². The van der Waals surface area contributed by atoms with Crippen molar-refractivity contribution in [3.63, 3.8) is 0 Å². The minimum atomic E-state index is -0.221. The average molecular weight is 474 g/mol. The molecule has 7 heteroatoms. The van der Waals surface area contributed by atoms with Crippen LogP contribution in [-0.2, 0) is 16.0 Å². The van der Waals surface area contributed by atoms with Gasteiger partial charge >= 0.3 is 0 Å². The number of carbonyl (C=O) groups is 2. The summed E-state index contributed by atoms with van der Waals surface area (Å²) in [6.45, 7) is 12.0. The van der Waals surface area contributed by atoms with Crippen LogP contribution in [0.5, 0.6) is 0 Å². The summed E-state index contributed by atoms with van der Waals surface area (Å²) >= 11 is 0. The molecule has 2 aliphatic rings. The Kier molecular flexibility index (Phi) is 5.90. The van der Waals surface area contributed by atoms with Crippen LogP contribution in [0.1, 0.15) is 63.4 Å². The number of benzene rings is 1. The number of hydrogen-bond acceptors (Lipinski definition) is 5. The molecule has 0 radical (unpaired) electrons. The average Bonchev–Trinajstić information content (AvgIpc) is 3.42. The van der Waals surface area contributed by atoms with Gasteiger partial charge in [-0.15, -0.1) is 0 Å². The number of hydrogen-bond donors (Lipinski definition) is 1. The van der Waals surface area contributed by atoms with E-state index in [4.69, 9.17) is 0 Å². The lowest BCUT2D eigenvalue weighted by Gasteiger charge is -2.37. The van der Waals surface area contributed by atoms with Crippen molar-refractivity contribution in [1.29, 1.82) is 0 Å². The molecule has 0 aliphatic carbocycles. The molecule has 5 rings (SSSR count). The third-order valence-corrected chi connectivity index (χ3v) is 7.59. The maximum atomic E-state index is 13.3. The monoisotopic (exact) mass is 473 g/mol. The molecular formula is C28H35N5O2. The topological polar surface area (TPSA) is 79.6 Å². The van der Waals surface area contributed by atoms with Gasteiger partial charge in [0.2, 0.25) is 5.91 Å². The number of carbonyl (C=O) groups excluding carboxylic acids is 2. The van der Waals surface area contributed by atoms with Gasteiger partial charge in [-0.1, -0.05) is 39.8 Å². The normalized spacial score (nSPS) is 20.0. The highest BCUT2D eigenvalue weighted by atomic mass is 16.2. The third kappa shape index (κ3) is 4.32. The molecule has 1 aromatic carbocycles. The molecule has 0 spiro atoms. The zero-order valence-corrected chi connectivity index (χ0v) is 21.3. The smallest absolute Gasteiger partial charge is 0.220 e. The Balaban J connectivity index is 1.44. The summed E-state index contributed by atoms with van der Waals surface area (Å²) in [5, 5.41) is 7.47. The number of aryl methyl sites for hydroxylation is 2. The predicted molar refractivity (Wildman–Crippen MR) is 137 cm³/mol. The van der Waals surface area contributed by atoms with Gasteiger partial charge < -0.3 is 10.2 Å². The molecule has 1 saturated heterocycles. The van der Waals surface area contributed by atoms with Crippen LogP contribution in [0.4, 0.5) is 11.4 Å². The second-order valence-corrected chi connectivity index (χ2v) is 11.2. The molecule has 1 N–H and O–H groups in total. The minimum Gasteiger partial charge on any atom is -0.355 e. The van der Waals surface area contributed by atoms with E-state index in [1.165, 1.54) is 5.69 Å². The molecule has 0 bridgehead atoms. The fourth-order valence-electron chi connectivity index (χ4n) is 6.08. The quantitative estimate of drug-likeness (QED) is 0.586. The predicted octanol–water partition coefficient (Wildman–Crippen LogP) is 4.59. The SMILES string of the molecule is Cc1cc2ncc3c(n2n1)CCCN3c1ccc([C@@H](C(C)C(=O)[C@H]2CNC(=O)C2)C(C)(C)C)cc1. The van der Waals surface area contributed by atoms with E-state index in [0.29, 0.717) is 13.0 Å². The van der Waals surface area contributed by atoms with E-state index < -0.39 is 0 Å². The van der Waals surface area contributed by atoms with Gasteiger partial charge in [0.15, 0.2) is 5.65 Å². The van der Waals surface area contributed by atoms with Crippen molar-refractivity contribution in [2.45, 2.75) is 59.8 Å². The number of nitrogens with zero attached hydrogens (tertiary/aromatic N) is 4. The maximum absolute atomic E-state index is 13.3. The molecule has 3 atom stereocenters. The number of ketones is 1. The first-order valence-corrected chi connectivity index (χ1v) is 12.7. The lowest BCUT2D eigenvalue weighted by atomic mass is 9.67. The fraction of sp³-hybridized carbons (Fsp3) is 0.500. The van der Waals surface area contributed by atoms with Gasteiger partial charge in [0.25, 0.3) is 0 Å². The van der Waals surface area contributed by atoms with Crippen molar-refractivity contribution in [2.24, 2.45) is 17.3 Å². The molecule has 1 amide bonds. The molecule has 4 heterocycles. The minimum absolute atomic E-state index is 0.0222. The molecule has 7 nitrogen and oxygen atoms in total. The van der Waals surface area contributed by atoms with Crippen LogP contribution in [0, 0.1) is 24.2 Å². The first-order chi connectivity index (χ1) is 16.6. The molecular weight excluding hydrogens is 438 g/mol. The number of nitrogens with one attached hydrogen (secondary N) is 1. The molecule has 3 aromatic rings. The molecule has 35 heavy (non-hydrogen) atoms. The van der Waals surface area contributed by atoms with Crippen LogP contribution in [0.2, 0.25) is 0 Å². The van der Waals surface area contributed by atoms with Gasteiger partial charge in [-0.25, -0.2) is 9.50 Å². The number of Topliss-reactive ketones (excluding diaryl/α,β-unsaturated/α-hetero) is 1. The summed E-state index contributed by atoms with van der Waals surface area (Å²) in [6, 6.07) is 10.7. The maximum Gasteiger partial charge on any atom is 0.220 e. The van der Waals surface area contributed by atoms with E-state index in [1.54, 1.807) is 0 Å². The summed E-state index contributed by atoms with van der Waals surface area (Å²) < 4.78 is 1.98. The Hall–Kier alpha value is -3.22. The van der Waals surface area contributed by atoms with E-state index in [0.717, 1.165) is 47.7 Å². The van der Waals surface area contributed by atoms with Crippen molar-refractivity contribution in [1.82, 2.24) is 19.9 Å². The zero-order chi connectivity index (χ0) is 24.9. The van der Waals surface area contributed by atoms with Gasteiger partial charge in [0.1, 0.15) is 5.78 Å². The van der Waals surface area contributed by atoms with Crippen LogP contribution in [0.25, 0.3) is 5.65 Å². The molecule has 1 unspecified atom stereocenters. The zero-order valence-electron chi connectivity index (χ0n) is 21.3. The standard InChI is InChI=1S/C28H35N5O2/c1-17-13-24-29-16-23-22(33(24)31-17)7-6-12-32(23)21-10-8-19(9-11-21)26(28(3,4)5)18(2)27(35)20-14-25(34)30-15-20/h8-11,13,16,18,20,26H,6-7,12,14-15H2,1-5H3,(H,30,34)/t18?,20-,26-/m1/s1. The lowest BCUT2D eigenvalue weighted by molar-refractivity contribution is -0.128. The van der Waals surface area contributed by atoms with Crippen LogP contribution >= 0.6 is 0 Å². The van der Waals surface area contributed by atoms with Gasteiger partial charge in [0.05, 0.1) is 23.3 Å². The van der Waals surface area contributed by atoms with Crippen molar-refractivity contribution >= 4 is 28.7 Å². The Morgan fingerprint density at radius 3 is 2.60 bits per heavy atom. The highest BCUT2D eigenvalue weighted by Crippen LogP contribution is 2.43. The van der Waals surface area contributed by atoms with Gasteiger partial charge in [-0.05, 0) is 48.8 Å². The molecule has 2 aliphatic heterocycles. The molecule has 2 aromatic heterocycles. The first-order valence-electron chi connectivity index (χ1n) is 12.7. The van der Waals surface area contributed by atoms with Crippen molar-refractivity contribution < 1.29 is 9.59 Å². The largest absolute Gasteiger partial charge is 0.355 e. The first kappa shape index (κ1) is 23.5. The van der Waals surface area contributed by atoms with Crippen molar-refractivity contribution in [3.8, 4) is 0 Å². The summed E-state index contributed by atoms with van der Waals surface area (Å²) in [5.41, 5.74) is 6.35. The van der Waals surface area contributed by atoms with Gasteiger partial charge in [-0.3, -0.25) is 9.59 Å². The highest BCUT2D eigenvalue weighted by Gasteiger charge is 2.39. The number of fused-ring (bicyclic) bond motifs is 3. The van der Waals surface area contributed by atoms with Gasteiger partial charge in [-0.2, -0.15) is 5.10 Å². The number of amides is 1. The molecule has 184 valence electrons. The summed E-state index contributed by atoms with van der Waals surface area (Å²) in [5.74, 6) is -0.175. The van der Waals surface area contributed by atoms with Crippen LogP contribution in [0.15, 0.2) is 36.5 Å². The summed E-state index contributed by atoms with van der Waals surface area (Å²) in [4.78, 5) is 32.0. The van der Waals surface area contributed by atoms with Crippen LogP contribution in [-0.4, -0.2) is 39.4 Å². The van der Waals surface area contributed by atoms with E-state index in [1.807, 2.05) is 30.6 Å². The Morgan fingerprint density at radius 1 is 1.20 bits per heavy atom. The van der Waals surface area contributed by atoms with Crippen molar-refractivity contribution in [2.75, 3.05) is 18.0 Å². The second kappa shape index (κ2) is 8.77. The fourth-order valence-corrected chi connectivity index (χ4v) is 6.08. The van der Waals surface area contributed by atoms with E-state index in [-0.39, 0.29) is 34.9 Å². The highest BCUT2D eigenvalue weighted by molar-refractivity contribution is 5.92. The Labute approximate surface area is 206 Å². The van der Waals surface area contributed by atoms with Crippen LogP contribution in [0.3, 0.4) is 0 Å². The second-order valence-electron chi connectivity index (χ2n) is 11.2. The third-order valence-electron chi connectivity index (χ3n) is 7.59. The van der Waals surface area contributed by atoms with E-state index >= 15 is 0 Å². The molecule has 0 saturated carbocycles. The number of anilines is 2. The van der Waals surface area contributed by atoms with Gasteiger partial charge in [0, 0.05) is 43.1 Å². The van der Waals surface area contributed by atoms with E-state index in [2.05, 4.69) is 65.3 Å². The summed E-state index contributed by atoms with van der Waals surface area (Å²) in [6.07, 6.45) is 4.31. The Morgan fingerprint density at radius 2 is 1.94 bits per heavy atom. The summed E-state index contributed by atoms with van der Waals surface area (Å²) in [7, 11) is 0. The molecule has 1 fully saturated rings.